The molecule has 3 aromatic rings. The third-order valence-corrected chi connectivity index (χ3v) is 5.88. The first kappa shape index (κ1) is 21.8. The molecule has 10 heteroatoms. The molecule has 1 atom stereocenters. The summed E-state index contributed by atoms with van der Waals surface area (Å²) in [5.74, 6) is 0.826. The van der Waals surface area contributed by atoms with Crippen molar-refractivity contribution in [2.24, 2.45) is 0 Å². The van der Waals surface area contributed by atoms with E-state index in [0.29, 0.717) is 27.9 Å². The van der Waals surface area contributed by atoms with Crippen molar-refractivity contribution >= 4 is 35.0 Å². The Kier molecular flexibility index (Phi) is 6.73. The number of ether oxygens (including phenoxy) is 2. The first-order chi connectivity index (χ1) is 14.3. The van der Waals surface area contributed by atoms with Gasteiger partial charge in [0.05, 0.1) is 25.2 Å². The number of anilines is 1. The zero-order valence-electron chi connectivity index (χ0n) is 16.8. The van der Waals surface area contributed by atoms with Crippen LogP contribution < -0.4 is 25.1 Å². The highest BCUT2D eigenvalue weighted by Crippen LogP contribution is 2.31. The fraction of sp³-hybridized carbons (Fsp3) is 0.250. The van der Waals surface area contributed by atoms with E-state index in [2.05, 4.69) is 10.6 Å². The van der Waals surface area contributed by atoms with Gasteiger partial charge >= 0.3 is 10.7 Å². The smallest absolute Gasteiger partial charge is 0.442 e. The number of methoxy groups -OCH3 is 2. The Morgan fingerprint density at radius 2 is 1.93 bits per heavy atom. The summed E-state index contributed by atoms with van der Waals surface area (Å²) in [6, 6.07) is 10.4. The zero-order valence-corrected chi connectivity index (χ0v) is 18.4. The molecular weight excluding hydrogens is 430 g/mol. The van der Waals surface area contributed by atoms with Gasteiger partial charge in [0.1, 0.15) is 11.5 Å². The van der Waals surface area contributed by atoms with E-state index in [9.17, 15) is 9.59 Å². The van der Waals surface area contributed by atoms with Crippen LogP contribution in [-0.2, 0) is 4.79 Å². The maximum absolute atomic E-state index is 12.8. The van der Waals surface area contributed by atoms with E-state index in [-0.39, 0.29) is 10.9 Å². The predicted octanol–water partition coefficient (Wildman–Crippen LogP) is 3.34. The van der Waals surface area contributed by atoms with Crippen molar-refractivity contribution in [2.75, 3.05) is 19.5 Å². The normalized spacial score (nSPS) is 11.8. The number of halogens is 1. The molecule has 1 amide bonds. The highest BCUT2D eigenvalue weighted by molar-refractivity contribution is 8.00. The summed E-state index contributed by atoms with van der Waals surface area (Å²) in [6.45, 7) is 3.53. The number of rotatable bonds is 7. The monoisotopic (exact) mass is 450 g/mol. The van der Waals surface area contributed by atoms with Crippen LogP contribution in [0.3, 0.4) is 0 Å². The third kappa shape index (κ3) is 4.63. The van der Waals surface area contributed by atoms with Crippen molar-refractivity contribution in [2.45, 2.75) is 24.1 Å². The molecule has 8 nitrogen and oxygen atoms in total. The van der Waals surface area contributed by atoms with Gasteiger partial charge in [-0.3, -0.25) is 9.32 Å². The number of nitrogens with zero attached hydrogens (tertiary/aromatic N) is 1. The van der Waals surface area contributed by atoms with Crippen LogP contribution in [0.15, 0.2) is 50.7 Å². The number of carbonyl (C=O) groups excluding carboxylic acids is 1. The number of benzene rings is 2. The Hall–Kier alpha value is -2.91. The van der Waals surface area contributed by atoms with Crippen LogP contribution in [0.2, 0.25) is 5.02 Å². The molecule has 0 fully saturated rings. The average Bonchev–Trinajstić information content (AvgIpc) is 3.10. The van der Waals surface area contributed by atoms with Crippen LogP contribution in [0.4, 0.5) is 5.69 Å². The Labute approximate surface area is 182 Å². The molecule has 0 aliphatic rings. The summed E-state index contributed by atoms with van der Waals surface area (Å²) in [6.07, 6.45) is 0. The third-order valence-electron chi connectivity index (χ3n) is 4.33. The van der Waals surface area contributed by atoms with Crippen LogP contribution in [0, 0.1) is 6.92 Å². The van der Waals surface area contributed by atoms with E-state index in [4.69, 9.17) is 25.6 Å². The lowest BCUT2D eigenvalue weighted by Gasteiger charge is -2.14. The standard InChI is InChI=1S/C20H20ClN3O5S/c1-11-9-16(17(28-4)10-15(11)21)22-18(25)12(2)30-19-20(26)29-23-24(19)13-5-7-14(27-3)8-6-13/h5-10,12H,1-4H3,(H-,22,23,25,26)/p+1. The van der Waals surface area contributed by atoms with Gasteiger partial charge in [0, 0.05) is 23.2 Å². The Morgan fingerprint density at radius 1 is 1.23 bits per heavy atom. The van der Waals surface area contributed by atoms with Gasteiger partial charge in [-0.25, -0.2) is 4.79 Å². The van der Waals surface area contributed by atoms with Crippen molar-refractivity contribution < 1.29 is 23.5 Å². The molecule has 0 spiro atoms. The lowest BCUT2D eigenvalue weighted by molar-refractivity contribution is -0.704. The van der Waals surface area contributed by atoms with E-state index in [1.807, 2.05) is 6.92 Å². The maximum Gasteiger partial charge on any atom is 0.442 e. The molecule has 0 radical (unpaired) electrons. The number of H-pyrrole nitrogens is 1. The first-order valence-electron chi connectivity index (χ1n) is 8.93. The molecule has 1 unspecified atom stereocenters. The van der Waals surface area contributed by atoms with Crippen molar-refractivity contribution in [3.63, 3.8) is 0 Å². The molecule has 0 aliphatic heterocycles. The Balaban J connectivity index is 1.80. The second-order valence-corrected chi connectivity index (χ2v) is 8.11. The zero-order chi connectivity index (χ0) is 21.8. The molecule has 158 valence electrons. The number of nitrogens with one attached hydrogen (secondary N) is 2. The second-order valence-electron chi connectivity index (χ2n) is 6.37. The molecule has 2 aromatic carbocycles. The molecule has 30 heavy (non-hydrogen) atoms. The van der Waals surface area contributed by atoms with Gasteiger partial charge < -0.3 is 14.8 Å². The van der Waals surface area contributed by atoms with Crippen molar-refractivity contribution in [3.8, 4) is 17.2 Å². The minimum atomic E-state index is -0.603. The summed E-state index contributed by atoms with van der Waals surface area (Å²) < 4.78 is 16.8. The van der Waals surface area contributed by atoms with Gasteiger partial charge in [0.2, 0.25) is 11.6 Å². The van der Waals surface area contributed by atoms with E-state index in [1.165, 1.54) is 11.8 Å². The minimum absolute atomic E-state index is 0.238. The van der Waals surface area contributed by atoms with Gasteiger partial charge in [-0.1, -0.05) is 11.6 Å². The van der Waals surface area contributed by atoms with Crippen molar-refractivity contribution in [3.05, 3.63) is 57.4 Å². The van der Waals surface area contributed by atoms with E-state index in [1.54, 1.807) is 50.4 Å². The average molecular weight is 451 g/mol. The van der Waals surface area contributed by atoms with Gasteiger partial charge in [0.15, 0.2) is 0 Å². The van der Waals surface area contributed by atoms with Crippen molar-refractivity contribution in [1.29, 1.82) is 0 Å². The highest BCUT2D eigenvalue weighted by Gasteiger charge is 2.29. The molecule has 1 aromatic heterocycles. The molecule has 3 rings (SSSR count). The van der Waals surface area contributed by atoms with E-state index >= 15 is 0 Å². The molecule has 2 N–H and O–H groups in total. The quantitative estimate of drug-likeness (QED) is 0.423. The van der Waals surface area contributed by atoms with Crippen LogP contribution in [0.5, 0.6) is 11.5 Å². The lowest BCUT2D eigenvalue weighted by Crippen LogP contribution is -2.37. The van der Waals surface area contributed by atoms with E-state index in [0.717, 1.165) is 17.3 Å². The summed E-state index contributed by atoms with van der Waals surface area (Å²) >= 11 is 7.19. The number of amides is 1. The topological polar surface area (TPSA) is 97.4 Å². The Morgan fingerprint density at radius 3 is 2.57 bits per heavy atom. The van der Waals surface area contributed by atoms with Crippen molar-refractivity contribution in [1.82, 2.24) is 5.27 Å². The molecule has 0 saturated heterocycles. The van der Waals surface area contributed by atoms with Gasteiger partial charge in [-0.05, 0) is 59.3 Å². The van der Waals surface area contributed by atoms with Gasteiger partial charge in [-0.15, -0.1) is 0 Å². The minimum Gasteiger partial charge on any atom is -0.497 e. The number of hydrogen-bond acceptors (Lipinski definition) is 6. The van der Waals surface area contributed by atoms with Crippen LogP contribution >= 0.6 is 23.4 Å². The SMILES string of the molecule is COc1ccc(-[n+]2[nH]oc(=O)c2SC(C)C(=O)Nc2cc(C)c(Cl)cc2OC)cc1. The summed E-state index contributed by atoms with van der Waals surface area (Å²) in [5, 5.41) is 5.55. The van der Waals surface area contributed by atoms with Gasteiger partial charge in [-0.2, -0.15) is 0 Å². The first-order valence-corrected chi connectivity index (χ1v) is 10.2. The van der Waals surface area contributed by atoms with Crippen LogP contribution in [0.25, 0.3) is 5.69 Å². The number of aromatic amines is 1. The van der Waals surface area contributed by atoms with Gasteiger partial charge in [0.25, 0.3) is 0 Å². The molecule has 1 heterocycles. The summed E-state index contributed by atoms with van der Waals surface area (Å²) in [5.41, 5.74) is 1.39. The largest absolute Gasteiger partial charge is 0.497 e. The van der Waals surface area contributed by atoms with Crippen LogP contribution in [0.1, 0.15) is 12.5 Å². The molecule has 0 bridgehead atoms. The maximum atomic E-state index is 12.8. The summed E-state index contributed by atoms with van der Waals surface area (Å²) in [4.78, 5) is 25.0. The number of aryl methyl sites for hydroxylation is 1. The molecular formula is C20H21ClN3O5S+. The lowest BCUT2D eigenvalue weighted by atomic mass is 10.2. The van der Waals surface area contributed by atoms with E-state index < -0.39 is 10.9 Å². The fourth-order valence-corrected chi connectivity index (χ4v) is 3.69. The Bertz CT molecular complexity index is 1110. The highest BCUT2D eigenvalue weighted by atomic mass is 35.5. The number of aromatic nitrogens is 2. The number of carbonyl (C=O) groups is 1. The number of hydrogen-bond donors (Lipinski definition) is 2. The number of thioether (sulfide) groups is 1. The molecule has 0 saturated carbocycles. The van der Waals surface area contributed by atoms with Crippen LogP contribution in [-0.4, -0.2) is 30.6 Å². The predicted molar refractivity (Wildman–Crippen MR) is 114 cm³/mol. The molecule has 0 aliphatic carbocycles. The second kappa shape index (κ2) is 9.27. The summed E-state index contributed by atoms with van der Waals surface area (Å²) in [7, 11) is 3.07. The fourth-order valence-electron chi connectivity index (χ4n) is 2.65.